The molecular formula is C17H38N10O2. The fourth-order valence-electron chi connectivity index (χ4n) is 2.36. The fourth-order valence-corrected chi connectivity index (χ4v) is 2.36. The Morgan fingerprint density at radius 3 is 1.07 bits per heavy atom. The molecule has 13 N–H and O–H groups in total. The largest absolute Gasteiger partial charge is 0.483 e. The summed E-state index contributed by atoms with van der Waals surface area (Å²) in [6.07, 6.45) is 11.8. The Labute approximate surface area is 172 Å². The highest BCUT2D eigenvalue weighted by atomic mass is 16.3. The van der Waals surface area contributed by atoms with E-state index in [1.54, 1.807) is 0 Å². The molecule has 0 saturated carbocycles. The van der Waals surface area contributed by atoms with Crippen molar-refractivity contribution in [2.45, 2.75) is 64.2 Å². The normalized spacial score (nSPS) is 11.2. The lowest BCUT2D eigenvalue weighted by molar-refractivity contribution is -0.122. The smallest absolute Gasteiger partial charge is 0.290 e. The van der Waals surface area contributed by atoms with Gasteiger partial charge in [-0.05, 0) is 12.8 Å². The Morgan fingerprint density at radius 1 is 0.586 bits per heavy atom. The maximum absolute atomic E-state index is 8.36. The number of carboxylic acid groups (broad SMARTS) is 1. The van der Waals surface area contributed by atoms with Crippen LogP contribution < -0.4 is 34.4 Å². The van der Waals surface area contributed by atoms with Gasteiger partial charge in [-0.15, -0.1) is 0 Å². The quantitative estimate of drug-likeness (QED) is 0.0915. The molecule has 0 bridgehead atoms. The first-order valence-corrected chi connectivity index (χ1v) is 9.70. The summed E-state index contributed by atoms with van der Waals surface area (Å²) >= 11 is 0. The molecule has 0 aliphatic rings. The highest BCUT2D eigenvalue weighted by molar-refractivity contribution is 5.92. The van der Waals surface area contributed by atoms with Gasteiger partial charge < -0.3 is 39.5 Å². The number of guanidine groups is 4. The minimum absolute atomic E-state index is 0.0611. The Kier molecular flexibility index (Phi) is 20.6. The van der Waals surface area contributed by atoms with Crippen LogP contribution in [0.2, 0.25) is 0 Å². The van der Waals surface area contributed by atoms with Gasteiger partial charge in [0.2, 0.25) is 11.9 Å². The molecule has 0 aliphatic heterocycles. The van der Waals surface area contributed by atoms with E-state index in [2.05, 4.69) is 20.0 Å². The highest BCUT2D eigenvalue weighted by Gasteiger charge is 1.95. The van der Waals surface area contributed by atoms with Gasteiger partial charge in [0.25, 0.3) is 6.47 Å². The average Bonchev–Trinajstić information content (AvgIpc) is 2.61. The van der Waals surface area contributed by atoms with E-state index in [9.17, 15) is 0 Å². The van der Waals surface area contributed by atoms with Gasteiger partial charge in [0, 0.05) is 13.1 Å². The molecule has 0 fully saturated rings. The molecule has 12 heteroatoms. The average molecular weight is 415 g/mol. The second-order valence-electron chi connectivity index (χ2n) is 6.19. The summed E-state index contributed by atoms with van der Waals surface area (Å²) < 4.78 is 0. The van der Waals surface area contributed by atoms with Gasteiger partial charge in [-0.25, -0.2) is 0 Å². The molecule has 0 aliphatic carbocycles. The van der Waals surface area contributed by atoms with Gasteiger partial charge in [-0.1, -0.05) is 51.4 Å². The third-order valence-electron chi connectivity index (χ3n) is 3.60. The van der Waals surface area contributed by atoms with Crippen molar-refractivity contribution in [1.82, 2.24) is 0 Å². The van der Waals surface area contributed by atoms with Crippen molar-refractivity contribution in [3.63, 3.8) is 0 Å². The van der Waals surface area contributed by atoms with Crippen LogP contribution in [0.4, 0.5) is 0 Å². The van der Waals surface area contributed by atoms with E-state index in [0.717, 1.165) is 25.7 Å². The molecular weight excluding hydrogens is 376 g/mol. The van der Waals surface area contributed by atoms with E-state index in [1.165, 1.54) is 38.5 Å². The number of nitrogens with two attached hydrogens (primary N) is 6. The number of aliphatic imine (C=N–C) groups is 4. The molecule has 0 amide bonds. The number of hydrogen-bond donors (Lipinski definition) is 7. The summed E-state index contributed by atoms with van der Waals surface area (Å²) in [5.74, 6) is 0.173. The Balaban J connectivity index is 0. The minimum atomic E-state index is -0.250. The van der Waals surface area contributed by atoms with Crippen LogP contribution in [0.25, 0.3) is 0 Å². The Morgan fingerprint density at radius 2 is 0.828 bits per heavy atom. The van der Waals surface area contributed by atoms with Gasteiger partial charge >= 0.3 is 0 Å². The zero-order chi connectivity index (χ0) is 22.3. The van der Waals surface area contributed by atoms with Gasteiger partial charge in [0.1, 0.15) is 0 Å². The van der Waals surface area contributed by atoms with Crippen LogP contribution >= 0.6 is 0 Å². The van der Waals surface area contributed by atoms with Crippen molar-refractivity contribution < 1.29 is 9.90 Å². The van der Waals surface area contributed by atoms with Gasteiger partial charge in [-0.2, -0.15) is 9.98 Å². The topological polar surface area (TPSA) is 243 Å². The summed E-state index contributed by atoms with van der Waals surface area (Å²) in [7, 11) is 0. The van der Waals surface area contributed by atoms with Crippen LogP contribution in [0.1, 0.15) is 64.2 Å². The molecule has 0 radical (unpaired) electrons. The third-order valence-corrected chi connectivity index (χ3v) is 3.60. The van der Waals surface area contributed by atoms with Gasteiger partial charge in [-0.3, -0.25) is 14.8 Å². The van der Waals surface area contributed by atoms with Crippen LogP contribution in [0.15, 0.2) is 20.0 Å². The molecule has 12 nitrogen and oxygen atoms in total. The van der Waals surface area contributed by atoms with Gasteiger partial charge in [0.05, 0.1) is 0 Å². The maximum Gasteiger partial charge on any atom is 0.290 e. The number of hydrogen-bond acceptors (Lipinski definition) is 3. The zero-order valence-electron chi connectivity index (χ0n) is 17.2. The number of carbonyl (C=O) groups is 1. The van der Waals surface area contributed by atoms with Crippen molar-refractivity contribution in [1.29, 1.82) is 0 Å². The van der Waals surface area contributed by atoms with Crippen molar-refractivity contribution in [2.24, 2.45) is 54.4 Å². The standard InChI is InChI=1S/C16H36N10.CH2O2/c17-13(18)25-15(21)23-11-9-7-5-3-1-2-4-6-8-10-12-24-16(22)26-14(19)20;2-1-3/h1-12H2,(H6,17,18,21,23,25)(H6,19,20,22,24,26);1H,(H,2,3). The van der Waals surface area contributed by atoms with E-state index in [-0.39, 0.29) is 30.3 Å². The Hall–Kier alpha value is -3.05. The van der Waals surface area contributed by atoms with Crippen molar-refractivity contribution in [2.75, 3.05) is 13.1 Å². The SMILES string of the molecule is NC(N)=NC(N)=NCCCCCCCCCCCCN=C(N)N=C(N)N.O=CO. The van der Waals surface area contributed by atoms with E-state index in [4.69, 9.17) is 44.3 Å². The molecule has 29 heavy (non-hydrogen) atoms. The van der Waals surface area contributed by atoms with E-state index >= 15 is 0 Å². The molecule has 0 spiro atoms. The van der Waals surface area contributed by atoms with E-state index in [1.807, 2.05) is 0 Å². The first-order chi connectivity index (χ1) is 13.8. The van der Waals surface area contributed by atoms with Gasteiger partial charge in [0.15, 0.2) is 11.9 Å². The number of unbranched alkanes of at least 4 members (excludes halogenated alkanes) is 9. The predicted molar refractivity (Wildman–Crippen MR) is 119 cm³/mol. The fraction of sp³-hybridized carbons (Fsp3) is 0.706. The van der Waals surface area contributed by atoms with E-state index in [0.29, 0.717) is 13.1 Å². The molecule has 0 heterocycles. The van der Waals surface area contributed by atoms with E-state index < -0.39 is 0 Å². The molecule has 0 unspecified atom stereocenters. The van der Waals surface area contributed by atoms with Crippen LogP contribution in [0.3, 0.4) is 0 Å². The lowest BCUT2D eigenvalue weighted by Crippen LogP contribution is -2.26. The second kappa shape index (κ2) is 21.3. The molecule has 0 saturated heterocycles. The second-order valence-corrected chi connectivity index (χ2v) is 6.19. The molecule has 168 valence electrons. The molecule has 0 atom stereocenters. The summed E-state index contributed by atoms with van der Waals surface area (Å²) in [6, 6.07) is 0. The summed E-state index contributed by atoms with van der Waals surface area (Å²) in [6.45, 7) is 1.08. The predicted octanol–water partition coefficient (Wildman–Crippen LogP) is -0.236. The monoisotopic (exact) mass is 414 g/mol. The number of rotatable bonds is 13. The highest BCUT2D eigenvalue weighted by Crippen LogP contribution is 2.10. The van der Waals surface area contributed by atoms with Crippen molar-refractivity contribution in [3.05, 3.63) is 0 Å². The molecule has 0 rings (SSSR count). The number of nitrogens with zero attached hydrogens (tertiary/aromatic N) is 4. The van der Waals surface area contributed by atoms with Crippen LogP contribution in [-0.2, 0) is 4.79 Å². The minimum Gasteiger partial charge on any atom is -0.483 e. The lowest BCUT2D eigenvalue weighted by atomic mass is 10.1. The molecule has 0 aromatic carbocycles. The Bertz CT molecular complexity index is 480. The summed E-state index contributed by atoms with van der Waals surface area (Å²) in [4.78, 5) is 23.9. The van der Waals surface area contributed by atoms with Crippen LogP contribution in [0.5, 0.6) is 0 Å². The summed E-state index contributed by atoms with van der Waals surface area (Å²) in [5.41, 5.74) is 31.9. The maximum atomic E-state index is 8.36. The van der Waals surface area contributed by atoms with Crippen LogP contribution in [-0.4, -0.2) is 48.5 Å². The van der Waals surface area contributed by atoms with Crippen molar-refractivity contribution in [3.8, 4) is 0 Å². The molecule has 0 aromatic heterocycles. The first-order valence-electron chi connectivity index (χ1n) is 9.70. The lowest BCUT2D eigenvalue weighted by Gasteiger charge is -2.02. The first kappa shape index (κ1) is 28.2. The zero-order valence-corrected chi connectivity index (χ0v) is 17.2. The molecule has 0 aromatic rings. The summed E-state index contributed by atoms with van der Waals surface area (Å²) in [5, 5.41) is 6.89. The van der Waals surface area contributed by atoms with Crippen LogP contribution in [0, 0.1) is 0 Å². The third kappa shape index (κ3) is 27.3. The van der Waals surface area contributed by atoms with Crippen molar-refractivity contribution >= 4 is 30.3 Å².